The molecule has 33 heavy (non-hydrogen) atoms. The third-order valence-electron chi connectivity index (χ3n) is 4.22. The smallest absolute Gasteiger partial charge is 0.416 e. The maximum Gasteiger partial charge on any atom is 0.416 e. The Morgan fingerprint density at radius 2 is 1.88 bits per heavy atom. The molecule has 0 aliphatic carbocycles. The molecule has 0 aliphatic rings. The third kappa shape index (κ3) is 6.58. The summed E-state index contributed by atoms with van der Waals surface area (Å²) in [7, 11) is 3.01. The molecule has 1 amide bonds. The maximum absolute atomic E-state index is 13.1. The van der Waals surface area contributed by atoms with Gasteiger partial charge in [-0.2, -0.15) is 17.9 Å². The van der Waals surface area contributed by atoms with Crippen molar-refractivity contribution < 1.29 is 32.2 Å². The molecular weight excluding hydrogens is 463 g/mol. The summed E-state index contributed by atoms with van der Waals surface area (Å²) in [6, 6.07) is 9.82. The number of aromatic nitrogens is 4. The molecule has 2 aromatic carbocycles. The lowest BCUT2D eigenvalue weighted by molar-refractivity contribution is -0.137. The highest BCUT2D eigenvalue weighted by Gasteiger charge is 2.31. The molecule has 0 radical (unpaired) electrons. The highest BCUT2D eigenvalue weighted by Crippen LogP contribution is 2.35. The standard InChI is InChI=1S/C20H20F3N5O4S/c1-30-9-10-32-17-8-3-13(20(21,22)23)11-16(17)24-18(29)12-33-19-25-26-27-28(19)14-4-6-15(31-2)7-5-14/h3-8,11H,9-10,12H2,1-2H3,(H,24,29). The number of tetrazole rings is 1. The number of anilines is 1. The number of hydrogen-bond donors (Lipinski definition) is 1. The maximum atomic E-state index is 13.1. The Hall–Kier alpha value is -3.32. The lowest BCUT2D eigenvalue weighted by Crippen LogP contribution is -2.17. The summed E-state index contributed by atoms with van der Waals surface area (Å²) < 4.78 is 56.2. The SMILES string of the molecule is COCCOc1ccc(C(F)(F)F)cc1NC(=O)CSc1nnnn1-c1ccc(OC)cc1. The summed E-state index contributed by atoms with van der Waals surface area (Å²) in [4.78, 5) is 12.5. The van der Waals surface area contributed by atoms with E-state index in [1.165, 1.54) is 11.8 Å². The van der Waals surface area contributed by atoms with E-state index in [1.807, 2.05) is 0 Å². The van der Waals surface area contributed by atoms with Gasteiger partial charge in [0.15, 0.2) is 0 Å². The summed E-state index contributed by atoms with van der Waals surface area (Å²) in [5.41, 5.74) is -0.357. The number of carbonyl (C=O) groups excluding carboxylic acids is 1. The van der Waals surface area contributed by atoms with Gasteiger partial charge in [0.2, 0.25) is 11.1 Å². The fourth-order valence-corrected chi connectivity index (χ4v) is 3.33. The molecule has 13 heteroatoms. The molecule has 0 spiro atoms. The van der Waals surface area contributed by atoms with Crippen LogP contribution in [0.25, 0.3) is 5.69 Å². The molecule has 3 aromatic rings. The molecule has 1 heterocycles. The summed E-state index contributed by atoms with van der Waals surface area (Å²) in [6.07, 6.45) is -4.57. The Kier molecular flexibility index (Phi) is 8.11. The van der Waals surface area contributed by atoms with Crippen molar-refractivity contribution in [2.45, 2.75) is 11.3 Å². The first-order chi connectivity index (χ1) is 15.8. The van der Waals surface area contributed by atoms with Crippen molar-refractivity contribution in [1.82, 2.24) is 20.2 Å². The average Bonchev–Trinajstić information content (AvgIpc) is 3.27. The Balaban J connectivity index is 1.70. The first kappa shape index (κ1) is 24.3. The van der Waals surface area contributed by atoms with Gasteiger partial charge in [-0.25, -0.2) is 0 Å². The minimum Gasteiger partial charge on any atom is -0.497 e. The van der Waals surface area contributed by atoms with Crippen LogP contribution >= 0.6 is 11.8 Å². The van der Waals surface area contributed by atoms with Crippen LogP contribution in [0.1, 0.15) is 5.56 Å². The van der Waals surface area contributed by atoms with Crippen molar-refractivity contribution in [2.75, 3.05) is 38.5 Å². The highest BCUT2D eigenvalue weighted by molar-refractivity contribution is 7.99. The number of halogens is 3. The lowest BCUT2D eigenvalue weighted by Gasteiger charge is -2.15. The summed E-state index contributed by atoms with van der Waals surface area (Å²) in [6.45, 7) is 0.342. The molecule has 3 rings (SSSR count). The van der Waals surface area contributed by atoms with Crippen molar-refractivity contribution in [2.24, 2.45) is 0 Å². The zero-order chi connectivity index (χ0) is 23.8. The summed E-state index contributed by atoms with van der Waals surface area (Å²) >= 11 is 1.02. The average molecular weight is 483 g/mol. The van der Waals surface area contributed by atoms with Crippen molar-refractivity contribution >= 4 is 23.4 Å². The van der Waals surface area contributed by atoms with Gasteiger partial charge in [-0.3, -0.25) is 4.79 Å². The Morgan fingerprint density at radius 1 is 1.12 bits per heavy atom. The third-order valence-corrected chi connectivity index (χ3v) is 5.14. The Morgan fingerprint density at radius 3 is 2.55 bits per heavy atom. The van der Waals surface area contributed by atoms with Crippen molar-refractivity contribution in [3.63, 3.8) is 0 Å². The zero-order valence-electron chi connectivity index (χ0n) is 17.6. The number of alkyl halides is 3. The molecule has 0 fully saturated rings. The Labute approximate surface area is 191 Å². The first-order valence-corrected chi connectivity index (χ1v) is 10.5. The number of nitrogens with zero attached hydrogens (tertiary/aromatic N) is 4. The van der Waals surface area contributed by atoms with Crippen molar-refractivity contribution in [1.29, 1.82) is 0 Å². The van der Waals surface area contributed by atoms with Gasteiger partial charge in [0.25, 0.3) is 0 Å². The van der Waals surface area contributed by atoms with E-state index in [2.05, 4.69) is 20.8 Å². The normalized spacial score (nSPS) is 11.3. The van der Waals surface area contributed by atoms with Crippen LogP contribution in [-0.2, 0) is 15.7 Å². The molecule has 1 N–H and O–H groups in total. The van der Waals surface area contributed by atoms with E-state index in [9.17, 15) is 18.0 Å². The largest absolute Gasteiger partial charge is 0.497 e. The van der Waals surface area contributed by atoms with Crippen LogP contribution in [0.3, 0.4) is 0 Å². The molecule has 1 aromatic heterocycles. The second-order valence-electron chi connectivity index (χ2n) is 6.46. The van der Waals surface area contributed by atoms with Crippen molar-refractivity contribution in [3.8, 4) is 17.2 Å². The fraction of sp³-hybridized carbons (Fsp3) is 0.300. The zero-order valence-corrected chi connectivity index (χ0v) is 18.4. The van der Waals surface area contributed by atoms with Gasteiger partial charge in [-0.15, -0.1) is 5.10 Å². The van der Waals surface area contributed by atoms with Gasteiger partial charge in [-0.1, -0.05) is 11.8 Å². The van der Waals surface area contributed by atoms with Gasteiger partial charge >= 0.3 is 6.18 Å². The fourth-order valence-electron chi connectivity index (χ4n) is 2.64. The topological polar surface area (TPSA) is 100 Å². The van der Waals surface area contributed by atoms with Crippen LogP contribution in [0.5, 0.6) is 11.5 Å². The van der Waals surface area contributed by atoms with E-state index in [0.29, 0.717) is 16.6 Å². The predicted molar refractivity (Wildman–Crippen MR) is 114 cm³/mol. The number of thioether (sulfide) groups is 1. The number of ether oxygens (including phenoxy) is 3. The van der Waals surface area contributed by atoms with Gasteiger partial charge in [0.1, 0.15) is 18.1 Å². The number of amides is 1. The number of rotatable bonds is 10. The van der Waals surface area contributed by atoms with E-state index in [1.54, 1.807) is 31.4 Å². The molecule has 9 nitrogen and oxygen atoms in total. The van der Waals surface area contributed by atoms with Crippen LogP contribution in [0.15, 0.2) is 47.6 Å². The number of hydrogen-bond acceptors (Lipinski definition) is 8. The van der Waals surface area contributed by atoms with Gasteiger partial charge < -0.3 is 19.5 Å². The van der Waals surface area contributed by atoms with Gasteiger partial charge in [-0.05, 0) is 52.9 Å². The molecule has 0 saturated carbocycles. The molecule has 0 unspecified atom stereocenters. The molecule has 0 bridgehead atoms. The van der Waals surface area contributed by atoms with E-state index < -0.39 is 17.6 Å². The van der Waals surface area contributed by atoms with Crippen LogP contribution in [0, 0.1) is 0 Å². The van der Waals surface area contributed by atoms with Gasteiger partial charge in [0, 0.05) is 7.11 Å². The van der Waals surface area contributed by atoms with Crippen LogP contribution in [0.2, 0.25) is 0 Å². The summed E-state index contributed by atoms with van der Waals surface area (Å²) in [5.74, 6) is 0.0521. The molecule has 0 atom stereocenters. The predicted octanol–water partition coefficient (Wildman–Crippen LogP) is 3.45. The minimum atomic E-state index is -4.57. The van der Waals surface area contributed by atoms with E-state index in [-0.39, 0.29) is 30.4 Å². The second kappa shape index (κ2) is 11.0. The van der Waals surface area contributed by atoms with Crippen LogP contribution < -0.4 is 14.8 Å². The number of benzene rings is 2. The highest BCUT2D eigenvalue weighted by atomic mass is 32.2. The molecular formula is C20H20F3N5O4S. The van der Waals surface area contributed by atoms with Crippen molar-refractivity contribution in [3.05, 3.63) is 48.0 Å². The van der Waals surface area contributed by atoms with Gasteiger partial charge in [0.05, 0.1) is 36.4 Å². The molecule has 0 aliphatic heterocycles. The summed E-state index contributed by atoms with van der Waals surface area (Å²) in [5, 5.41) is 14.2. The quantitative estimate of drug-likeness (QED) is 0.346. The van der Waals surface area contributed by atoms with E-state index in [0.717, 1.165) is 30.0 Å². The molecule has 176 valence electrons. The van der Waals surface area contributed by atoms with Crippen LogP contribution in [0.4, 0.5) is 18.9 Å². The number of carbonyl (C=O) groups is 1. The second-order valence-corrected chi connectivity index (χ2v) is 7.40. The molecule has 0 saturated heterocycles. The first-order valence-electron chi connectivity index (χ1n) is 9.50. The number of nitrogens with one attached hydrogen (secondary N) is 1. The van der Waals surface area contributed by atoms with Crippen LogP contribution in [-0.4, -0.2) is 59.3 Å². The monoisotopic (exact) mass is 483 g/mol. The number of methoxy groups -OCH3 is 2. The Bertz CT molecular complexity index is 1080. The van der Waals surface area contributed by atoms with E-state index in [4.69, 9.17) is 14.2 Å². The minimum absolute atomic E-state index is 0.0960. The van der Waals surface area contributed by atoms with E-state index >= 15 is 0 Å². The lowest BCUT2D eigenvalue weighted by atomic mass is 10.1.